The minimum atomic E-state index is -3.55. The number of hydrogen-bond acceptors (Lipinski definition) is 6. The standard InChI is InChI=1S/C19H20N4O3S/c1-19(18-21-17(26-22-18)15-8-11-20-12-9-15)10-5-13-23(14-19)27(24,25)16-6-3-2-4-7-16/h2-4,6-9,11-12H,5,10,13-14H2,1H3. The predicted molar refractivity (Wildman–Crippen MR) is 99.3 cm³/mol. The van der Waals surface area contributed by atoms with Crippen LogP contribution in [-0.2, 0) is 15.4 Å². The Labute approximate surface area is 158 Å². The molecule has 1 aliphatic rings. The van der Waals surface area contributed by atoms with Crippen molar-refractivity contribution in [2.24, 2.45) is 0 Å². The fraction of sp³-hybridized carbons (Fsp3) is 0.316. The summed E-state index contributed by atoms with van der Waals surface area (Å²) in [5.74, 6) is 0.943. The molecule has 1 fully saturated rings. The number of aromatic nitrogens is 3. The van der Waals surface area contributed by atoms with Crippen LogP contribution in [0.15, 0.2) is 64.3 Å². The second kappa shape index (κ2) is 6.86. The Morgan fingerprint density at radius 3 is 2.59 bits per heavy atom. The van der Waals surface area contributed by atoms with Crippen LogP contribution in [0.3, 0.4) is 0 Å². The molecule has 2 aromatic heterocycles. The van der Waals surface area contributed by atoms with Gasteiger partial charge in [-0.2, -0.15) is 9.29 Å². The number of piperidine rings is 1. The van der Waals surface area contributed by atoms with E-state index in [2.05, 4.69) is 15.1 Å². The highest BCUT2D eigenvalue weighted by atomic mass is 32.2. The van der Waals surface area contributed by atoms with Gasteiger partial charge in [0, 0.05) is 36.5 Å². The first-order chi connectivity index (χ1) is 13.0. The molecule has 1 saturated heterocycles. The summed E-state index contributed by atoms with van der Waals surface area (Å²) in [5.41, 5.74) is 0.284. The molecule has 0 aliphatic carbocycles. The summed E-state index contributed by atoms with van der Waals surface area (Å²) in [6.07, 6.45) is 4.86. The van der Waals surface area contributed by atoms with Crippen LogP contribution < -0.4 is 0 Å². The molecule has 1 atom stereocenters. The summed E-state index contributed by atoms with van der Waals surface area (Å²) in [5, 5.41) is 4.15. The van der Waals surface area contributed by atoms with E-state index in [4.69, 9.17) is 4.52 Å². The molecule has 0 radical (unpaired) electrons. The molecule has 3 aromatic rings. The van der Waals surface area contributed by atoms with Crippen molar-refractivity contribution in [3.63, 3.8) is 0 Å². The van der Waals surface area contributed by atoms with E-state index in [1.807, 2.05) is 6.92 Å². The molecular formula is C19H20N4O3S. The third-order valence-corrected chi connectivity index (χ3v) is 6.79. The minimum Gasteiger partial charge on any atom is -0.334 e. The van der Waals surface area contributed by atoms with Crippen LogP contribution in [0.1, 0.15) is 25.6 Å². The second-order valence-electron chi connectivity index (χ2n) is 6.97. The minimum absolute atomic E-state index is 0.305. The summed E-state index contributed by atoms with van der Waals surface area (Å²) in [6, 6.07) is 12.1. The van der Waals surface area contributed by atoms with E-state index in [0.29, 0.717) is 29.7 Å². The molecule has 1 unspecified atom stereocenters. The molecule has 0 N–H and O–H groups in total. The summed E-state index contributed by atoms with van der Waals surface area (Å²) in [4.78, 5) is 8.83. The molecule has 27 heavy (non-hydrogen) atoms. The Hall–Kier alpha value is -2.58. The van der Waals surface area contributed by atoms with Gasteiger partial charge in [0.1, 0.15) is 0 Å². The number of hydrogen-bond donors (Lipinski definition) is 0. The van der Waals surface area contributed by atoms with Gasteiger partial charge in [0.25, 0.3) is 5.89 Å². The molecule has 8 heteroatoms. The first-order valence-corrected chi connectivity index (χ1v) is 10.2. The van der Waals surface area contributed by atoms with Crippen LogP contribution in [0.5, 0.6) is 0 Å². The number of nitrogens with zero attached hydrogens (tertiary/aromatic N) is 4. The topological polar surface area (TPSA) is 89.2 Å². The van der Waals surface area contributed by atoms with Crippen molar-refractivity contribution in [3.8, 4) is 11.5 Å². The van der Waals surface area contributed by atoms with Crippen molar-refractivity contribution in [1.29, 1.82) is 0 Å². The molecule has 1 aliphatic heterocycles. The zero-order valence-corrected chi connectivity index (χ0v) is 15.8. The highest BCUT2D eigenvalue weighted by Crippen LogP contribution is 2.35. The van der Waals surface area contributed by atoms with Crippen LogP contribution in [0.2, 0.25) is 0 Å². The van der Waals surface area contributed by atoms with Gasteiger partial charge in [-0.1, -0.05) is 30.3 Å². The first-order valence-electron chi connectivity index (χ1n) is 8.79. The van der Waals surface area contributed by atoms with Crippen LogP contribution in [0, 0.1) is 0 Å². The van der Waals surface area contributed by atoms with Crippen molar-refractivity contribution >= 4 is 10.0 Å². The maximum atomic E-state index is 13.0. The van der Waals surface area contributed by atoms with Crippen molar-refractivity contribution in [3.05, 3.63) is 60.7 Å². The number of sulfonamides is 1. The molecule has 0 amide bonds. The van der Waals surface area contributed by atoms with Gasteiger partial charge in [0.15, 0.2) is 5.82 Å². The third kappa shape index (κ3) is 3.38. The van der Waals surface area contributed by atoms with Crippen molar-refractivity contribution in [2.75, 3.05) is 13.1 Å². The maximum absolute atomic E-state index is 13.0. The average molecular weight is 384 g/mol. The predicted octanol–water partition coefficient (Wildman–Crippen LogP) is 2.87. The van der Waals surface area contributed by atoms with Crippen LogP contribution >= 0.6 is 0 Å². The lowest BCUT2D eigenvalue weighted by Gasteiger charge is -2.37. The first kappa shape index (κ1) is 17.8. The Balaban J connectivity index is 1.62. The molecule has 0 bridgehead atoms. The van der Waals surface area contributed by atoms with E-state index < -0.39 is 15.4 Å². The molecule has 140 valence electrons. The van der Waals surface area contributed by atoms with E-state index in [1.54, 1.807) is 54.9 Å². The van der Waals surface area contributed by atoms with Gasteiger partial charge in [0.05, 0.1) is 4.90 Å². The van der Waals surface area contributed by atoms with Gasteiger partial charge in [-0.15, -0.1) is 0 Å². The number of rotatable bonds is 4. The molecule has 0 spiro atoms. The normalized spacial score (nSPS) is 21.2. The van der Waals surface area contributed by atoms with Gasteiger partial charge >= 0.3 is 0 Å². The van der Waals surface area contributed by atoms with Gasteiger partial charge in [-0.25, -0.2) is 8.42 Å². The lowest BCUT2D eigenvalue weighted by Crippen LogP contribution is -2.47. The zero-order chi connectivity index (χ0) is 18.9. The average Bonchev–Trinajstić information content (AvgIpc) is 3.21. The Bertz CT molecular complexity index is 1020. The SMILES string of the molecule is CC1(c2noc(-c3ccncc3)n2)CCCN(S(=O)(=O)c2ccccc2)C1. The number of benzene rings is 1. The lowest BCUT2D eigenvalue weighted by atomic mass is 9.82. The number of pyridine rings is 1. The van der Waals surface area contributed by atoms with Crippen LogP contribution in [0.25, 0.3) is 11.5 Å². The molecule has 7 nitrogen and oxygen atoms in total. The fourth-order valence-corrected chi connectivity index (χ4v) is 5.03. The Kier molecular flexibility index (Phi) is 4.53. The van der Waals surface area contributed by atoms with E-state index in [9.17, 15) is 8.42 Å². The monoisotopic (exact) mass is 384 g/mol. The lowest BCUT2D eigenvalue weighted by molar-refractivity contribution is 0.226. The quantitative estimate of drug-likeness (QED) is 0.687. The second-order valence-corrected chi connectivity index (χ2v) is 8.91. The molecule has 1 aromatic carbocycles. The Morgan fingerprint density at radius 2 is 1.85 bits per heavy atom. The summed E-state index contributed by atoms with van der Waals surface area (Å²) in [6.45, 7) is 2.79. The maximum Gasteiger partial charge on any atom is 0.258 e. The van der Waals surface area contributed by atoms with Gasteiger partial charge in [-0.3, -0.25) is 4.98 Å². The van der Waals surface area contributed by atoms with E-state index in [1.165, 1.54) is 4.31 Å². The molecular weight excluding hydrogens is 364 g/mol. The molecule has 4 rings (SSSR count). The molecule has 0 saturated carbocycles. The fourth-order valence-electron chi connectivity index (χ4n) is 3.40. The van der Waals surface area contributed by atoms with Gasteiger partial charge in [0.2, 0.25) is 10.0 Å². The zero-order valence-electron chi connectivity index (χ0n) is 14.9. The highest BCUT2D eigenvalue weighted by Gasteiger charge is 2.41. The van der Waals surface area contributed by atoms with Gasteiger partial charge < -0.3 is 4.52 Å². The largest absolute Gasteiger partial charge is 0.334 e. The summed E-state index contributed by atoms with van der Waals surface area (Å²) in [7, 11) is -3.55. The highest BCUT2D eigenvalue weighted by molar-refractivity contribution is 7.89. The van der Waals surface area contributed by atoms with Gasteiger partial charge in [-0.05, 0) is 37.1 Å². The van der Waals surface area contributed by atoms with Crippen LogP contribution in [-0.4, -0.2) is 40.9 Å². The molecule has 3 heterocycles. The smallest absolute Gasteiger partial charge is 0.258 e. The van der Waals surface area contributed by atoms with E-state index in [0.717, 1.165) is 18.4 Å². The summed E-state index contributed by atoms with van der Waals surface area (Å²) < 4.78 is 32.9. The van der Waals surface area contributed by atoms with Crippen LogP contribution in [0.4, 0.5) is 0 Å². The Morgan fingerprint density at radius 1 is 1.11 bits per heavy atom. The van der Waals surface area contributed by atoms with Crippen molar-refractivity contribution < 1.29 is 12.9 Å². The van der Waals surface area contributed by atoms with Crippen molar-refractivity contribution in [1.82, 2.24) is 19.4 Å². The summed E-state index contributed by atoms with van der Waals surface area (Å²) >= 11 is 0. The third-order valence-electron chi connectivity index (χ3n) is 4.94. The van der Waals surface area contributed by atoms with Crippen molar-refractivity contribution in [2.45, 2.75) is 30.1 Å². The van der Waals surface area contributed by atoms with E-state index in [-0.39, 0.29) is 0 Å². The van der Waals surface area contributed by atoms with E-state index >= 15 is 0 Å².